The first kappa shape index (κ1) is 16.1. The number of allylic oxidation sites excluding steroid dienone is 1. The number of Topliss-reactive ketones (excluding diaryl/α,β-unsaturated/α-hetero) is 1. The Bertz CT molecular complexity index is 635. The molecule has 0 aromatic heterocycles. The summed E-state index contributed by atoms with van der Waals surface area (Å²) in [4.78, 5) is 24.2. The van der Waals surface area contributed by atoms with Crippen molar-refractivity contribution in [2.24, 2.45) is 5.92 Å². The third-order valence-corrected chi connectivity index (χ3v) is 4.70. The number of carbonyl (C=O) groups is 2. The largest absolute Gasteiger partial charge is 0.496 e. The molecule has 2 aliphatic rings. The van der Waals surface area contributed by atoms with Crippen LogP contribution < -0.4 is 0 Å². The average Bonchev–Trinajstić information content (AvgIpc) is 2.56. The lowest BCUT2D eigenvalue weighted by Crippen LogP contribution is -2.41. The summed E-state index contributed by atoms with van der Waals surface area (Å²) >= 11 is 5.89. The van der Waals surface area contributed by atoms with Crippen LogP contribution in [0.25, 0.3) is 5.57 Å². The van der Waals surface area contributed by atoms with Crippen LogP contribution in [0.5, 0.6) is 0 Å². The van der Waals surface area contributed by atoms with Crippen LogP contribution in [0.4, 0.5) is 0 Å². The minimum Gasteiger partial charge on any atom is -0.496 e. The van der Waals surface area contributed by atoms with E-state index >= 15 is 0 Å². The molecule has 1 aromatic carbocycles. The van der Waals surface area contributed by atoms with Crippen molar-refractivity contribution >= 4 is 28.9 Å². The van der Waals surface area contributed by atoms with Crippen molar-refractivity contribution < 1.29 is 19.1 Å². The molecular formula is C18H19ClO4. The van der Waals surface area contributed by atoms with Gasteiger partial charge in [0.15, 0.2) is 5.78 Å². The van der Waals surface area contributed by atoms with Crippen molar-refractivity contribution in [2.45, 2.75) is 44.8 Å². The molecule has 122 valence electrons. The van der Waals surface area contributed by atoms with E-state index in [2.05, 4.69) is 0 Å². The van der Waals surface area contributed by atoms with Crippen LogP contribution in [0.1, 0.15) is 38.2 Å². The predicted molar refractivity (Wildman–Crippen MR) is 86.8 cm³/mol. The monoisotopic (exact) mass is 334 g/mol. The number of hydrogen-bond donors (Lipinski definition) is 0. The number of ketones is 1. The summed E-state index contributed by atoms with van der Waals surface area (Å²) in [6.45, 7) is 1.77. The molecule has 1 aromatic rings. The highest BCUT2D eigenvalue weighted by Gasteiger charge is 2.41. The van der Waals surface area contributed by atoms with Crippen LogP contribution in [0.3, 0.4) is 0 Å². The quantitative estimate of drug-likeness (QED) is 0.789. The number of ether oxygens (including phenoxy) is 2. The lowest BCUT2D eigenvalue weighted by Gasteiger charge is -2.37. The molecule has 1 heterocycles. The molecule has 23 heavy (non-hydrogen) atoms. The molecule has 1 aliphatic carbocycles. The van der Waals surface area contributed by atoms with Gasteiger partial charge >= 0.3 is 5.97 Å². The summed E-state index contributed by atoms with van der Waals surface area (Å²) in [6, 6.07) is 7.17. The highest BCUT2D eigenvalue weighted by molar-refractivity contribution is 6.30. The van der Waals surface area contributed by atoms with E-state index in [9.17, 15) is 9.59 Å². The Morgan fingerprint density at radius 1 is 1.30 bits per heavy atom. The summed E-state index contributed by atoms with van der Waals surface area (Å²) in [6.07, 6.45) is 3.50. The molecule has 3 unspecified atom stereocenters. The van der Waals surface area contributed by atoms with Crippen molar-refractivity contribution in [1.82, 2.24) is 0 Å². The van der Waals surface area contributed by atoms with Crippen LogP contribution in [0.15, 0.2) is 30.5 Å². The van der Waals surface area contributed by atoms with Gasteiger partial charge in [0.2, 0.25) is 0 Å². The van der Waals surface area contributed by atoms with Gasteiger partial charge in [0.1, 0.15) is 12.2 Å². The maximum atomic E-state index is 12.7. The minimum absolute atomic E-state index is 0.101. The van der Waals surface area contributed by atoms with E-state index in [0.717, 1.165) is 5.56 Å². The van der Waals surface area contributed by atoms with Gasteiger partial charge in [-0.15, -0.1) is 0 Å². The van der Waals surface area contributed by atoms with Gasteiger partial charge in [-0.2, -0.15) is 0 Å². The summed E-state index contributed by atoms with van der Waals surface area (Å²) in [5, 5.41) is 0.634. The lowest BCUT2D eigenvalue weighted by molar-refractivity contribution is -0.154. The van der Waals surface area contributed by atoms with Crippen LogP contribution in [0.2, 0.25) is 5.02 Å². The maximum absolute atomic E-state index is 12.7. The molecule has 0 saturated heterocycles. The summed E-state index contributed by atoms with van der Waals surface area (Å²) < 4.78 is 11.2. The number of esters is 1. The third kappa shape index (κ3) is 3.42. The SMILES string of the molecule is CCC(=O)OC1CCC2C(=O)C(c3ccc(Cl)cc3)=COC2C1. The maximum Gasteiger partial charge on any atom is 0.305 e. The van der Waals surface area contributed by atoms with Crippen LogP contribution in [0, 0.1) is 5.92 Å². The molecule has 5 heteroatoms. The molecule has 4 nitrogen and oxygen atoms in total. The second-order valence-corrected chi connectivity index (χ2v) is 6.40. The second-order valence-electron chi connectivity index (χ2n) is 5.96. The number of fused-ring (bicyclic) bond motifs is 1. The van der Waals surface area contributed by atoms with E-state index in [1.54, 1.807) is 19.1 Å². The topological polar surface area (TPSA) is 52.6 Å². The van der Waals surface area contributed by atoms with E-state index in [0.29, 0.717) is 36.3 Å². The number of benzene rings is 1. The second kappa shape index (κ2) is 6.75. The van der Waals surface area contributed by atoms with Crippen molar-refractivity contribution in [2.75, 3.05) is 0 Å². The highest BCUT2D eigenvalue weighted by atomic mass is 35.5. The molecule has 0 N–H and O–H groups in total. The van der Waals surface area contributed by atoms with E-state index in [-0.39, 0.29) is 29.9 Å². The molecule has 1 aliphatic heterocycles. The van der Waals surface area contributed by atoms with Crippen molar-refractivity contribution in [1.29, 1.82) is 0 Å². The van der Waals surface area contributed by atoms with Gasteiger partial charge in [-0.05, 0) is 30.5 Å². The molecule has 0 spiro atoms. The average molecular weight is 335 g/mol. The molecular weight excluding hydrogens is 316 g/mol. The van der Waals surface area contributed by atoms with Crippen molar-refractivity contribution in [3.8, 4) is 0 Å². The zero-order valence-corrected chi connectivity index (χ0v) is 13.7. The number of halogens is 1. The first-order valence-corrected chi connectivity index (χ1v) is 8.31. The normalized spacial score (nSPS) is 26.8. The Kier molecular flexibility index (Phi) is 4.71. The minimum atomic E-state index is -0.207. The molecule has 1 fully saturated rings. The Morgan fingerprint density at radius 3 is 2.74 bits per heavy atom. The highest BCUT2D eigenvalue weighted by Crippen LogP contribution is 2.37. The van der Waals surface area contributed by atoms with Gasteiger partial charge in [0.25, 0.3) is 0 Å². The van der Waals surface area contributed by atoms with Crippen molar-refractivity contribution in [3.05, 3.63) is 41.1 Å². The Balaban J connectivity index is 1.72. The first-order chi connectivity index (χ1) is 11.1. The fourth-order valence-corrected chi connectivity index (χ4v) is 3.30. The van der Waals surface area contributed by atoms with E-state index in [4.69, 9.17) is 21.1 Å². The smallest absolute Gasteiger partial charge is 0.305 e. The molecule has 3 atom stereocenters. The Morgan fingerprint density at radius 2 is 2.04 bits per heavy atom. The zero-order valence-electron chi connectivity index (χ0n) is 13.0. The molecule has 0 amide bonds. The van der Waals surface area contributed by atoms with Gasteiger partial charge in [-0.3, -0.25) is 9.59 Å². The van der Waals surface area contributed by atoms with Crippen LogP contribution >= 0.6 is 11.6 Å². The van der Waals surface area contributed by atoms with Gasteiger partial charge in [0, 0.05) is 17.9 Å². The van der Waals surface area contributed by atoms with E-state index in [1.807, 2.05) is 12.1 Å². The van der Waals surface area contributed by atoms with Crippen LogP contribution in [-0.4, -0.2) is 24.0 Å². The molecule has 3 rings (SSSR count). The third-order valence-electron chi connectivity index (χ3n) is 4.45. The zero-order chi connectivity index (χ0) is 16.4. The number of rotatable bonds is 3. The first-order valence-electron chi connectivity index (χ1n) is 7.93. The van der Waals surface area contributed by atoms with Gasteiger partial charge in [0.05, 0.1) is 17.8 Å². The summed E-state index contributed by atoms with van der Waals surface area (Å²) in [5.74, 6) is -0.265. The van der Waals surface area contributed by atoms with E-state index in [1.165, 1.54) is 6.26 Å². The standard InChI is InChI=1S/C18H19ClO4/c1-2-17(20)23-13-7-8-14-16(9-13)22-10-15(18(14)21)11-3-5-12(19)6-4-11/h3-6,10,13-14,16H,2,7-9H2,1H3. The van der Waals surface area contributed by atoms with Gasteiger partial charge in [-0.25, -0.2) is 0 Å². The molecule has 1 saturated carbocycles. The lowest BCUT2D eigenvalue weighted by atomic mass is 9.78. The number of carbonyl (C=O) groups excluding carboxylic acids is 2. The number of hydrogen-bond acceptors (Lipinski definition) is 4. The Labute approximate surface area is 140 Å². The van der Waals surface area contributed by atoms with Crippen LogP contribution in [-0.2, 0) is 19.1 Å². The predicted octanol–water partition coefficient (Wildman–Crippen LogP) is 3.77. The van der Waals surface area contributed by atoms with Gasteiger partial charge in [-0.1, -0.05) is 30.7 Å². The molecule has 0 radical (unpaired) electrons. The summed E-state index contributed by atoms with van der Waals surface area (Å²) in [5.41, 5.74) is 1.41. The summed E-state index contributed by atoms with van der Waals surface area (Å²) in [7, 11) is 0. The Hall–Kier alpha value is -1.81. The van der Waals surface area contributed by atoms with Gasteiger partial charge < -0.3 is 9.47 Å². The van der Waals surface area contributed by atoms with E-state index < -0.39 is 0 Å². The fraction of sp³-hybridized carbons (Fsp3) is 0.444. The fourth-order valence-electron chi connectivity index (χ4n) is 3.17. The molecule has 0 bridgehead atoms. The van der Waals surface area contributed by atoms with Crippen molar-refractivity contribution in [3.63, 3.8) is 0 Å².